The van der Waals surface area contributed by atoms with Gasteiger partial charge in [-0.25, -0.2) is 19.3 Å². The van der Waals surface area contributed by atoms with Gasteiger partial charge in [-0.3, -0.25) is 9.59 Å². The van der Waals surface area contributed by atoms with Crippen molar-refractivity contribution in [3.8, 4) is 11.3 Å². The van der Waals surface area contributed by atoms with Crippen molar-refractivity contribution >= 4 is 33.5 Å². The normalized spacial score (nSPS) is 11.0. The van der Waals surface area contributed by atoms with Crippen molar-refractivity contribution in [2.75, 3.05) is 5.32 Å². The van der Waals surface area contributed by atoms with Crippen LogP contribution in [0.25, 0.3) is 22.4 Å². The van der Waals surface area contributed by atoms with Crippen molar-refractivity contribution in [1.82, 2.24) is 24.1 Å². The molecule has 0 saturated carbocycles. The molecule has 0 spiro atoms. The third kappa shape index (κ3) is 3.34. The third-order valence-electron chi connectivity index (χ3n) is 3.90. The number of aryl methyl sites for hydroxylation is 1. The highest BCUT2D eigenvalue weighted by atomic mass is 32.1. The van der Waals surface area contributed by atoms with Gasteiger partial charge in [-0.05, 0) is 24.3 Å². The molecule has 0 aliphatic heterocycles. The number of amides is 1. The highest BCUT2D eigenvalue weighted by Crippen LogP contribution is 2.25. The maximum Gasteiger partial charge on any atom is 0.279 e. The van der Waals surface area contributed by atoms with Crippen molar-refractivity contribution in [2.24, 2.45) is 7.05 Å². The first-order valence-electron chi connectivity index (χ1n) is 7.89. The van der Waals surface area contributed by atoms with Crippen LogP contribution in [0.2, 0.25) is 0 Å². The Morgan fingerprint density at radius 1 is 1.22 bits per heavy atom. The second-order valence-electron chi connectivity index (χ2n) is 5.80. The number of benzene rings is 1. The molecule has 0 bridgehead atoms. The predicted molar refractivity (Wildman–Crippen MR) is 98.9 cm³/mol. The topological polar surface area (TPSA) is 94.7 Å². The highest BCUT2D eigenvalue weighted by Gasteiger charge is 2.14. The molecule has 0 aliphatic rings. The summed E-state index contributed by atoms with van der Waals surface area (Å²) in [4.78, 5) is 37.0. The fourth-order valence-electron chi connectivity index (χ4n) is 2.56. The largest absolute Gasteiger partial charge is 0.315 e. The number of hydrogen-bond acceptors (Lipinski definition) is 6. The SMILES string of the molecule is Cn1cnc2ncn(CC(=O)Nc3nc(-c4ccc(F)cc4)cs3)c2c1=O. The molecule has 0 unspecified atom stereocenters. The van der Waals surface area contributed by atoms with Crippen LogP contribution in [0.4, 0.5) is 9.52 Å². The summed E-state index contributed by atoms with van der Waals surface area (Å²) in [5, 5.41) is 4.88. The van der Waals surface area contributed by atoms with E-state index in [0.717, 1.165) is 5.56 Å². The van der Waals surface area contributed by atoms with Crippen LogP contribution in [0, 0.1) is 5.82 Å². The quantitative estimate of drug-likeness (QED) is 0.581. The van der Waals surface area contributed by atoms with Gasteiger partial charge in [-0.2, -0.15) is 0 Å². The first-order valence-corrected chi connectivity index (χ1v) is 8.77. The smallest absolute Gasteiger partial charge is 0.279 e. The van der Waals surface area contributed by atoms with Crippen LogP contribution >= 0.6 is 11.3 Å². The van der Waals surface area contributed by atoms with Gasteiger partial charge in [-0.1, -0.05) is 0 Å². The van der Waals surface area contributed by atoms with Gasteiger partial charge in [0.2, 0.25) is 5.91 Å². The number of nitrogens with zero attached hydrogens (tertiary/aromatic N) is 5. The first kappa shape index (κ1) is 17.0. The number of halogens is 1. The molecule has 27 heavy (non-hydrogen) atoms. The Labute approximate surface area is 156 Å². The molecule has 1 aromatic carbocycles. The Bertz CT molecular complexity index is 1190. The number of anilines is 1. The summed E-state index contributed by atoms with van der Waals surface area (Å²) in [7, 11) is 1.58. The van der Waals surface area contributed by atoms with Gasteiger partial charge in [0.1, 0.15) is 12.4 Å². The summed E-state index contributed by atoms with van der Waals surface area (Å²) < 4.78 is 15.8. The van der Waals surface area contributed by atoms with Gasteiger partial charge in [0.15, 0.2) is 16.3 Å². The molecule has 1 amide bonds. The minimum absolute atomic E-state index is 0.0944. The van der Waals surface area contributed by atoms with Crippen LogP contribution in [0.3, 0.4) is 0 Å². The van der Waals surface area contributed by atoms with E-state index in [0.29, 0.717) is 16.5 Å². The van der Waals surface area contributed by atoms with E-state index in [-0.39, 0.29) is 29.3 Å². The van der Waals surface area contributed by atoms with Crippen molar-refractivity contribution in [3.05, 3.63) is 58.5 Å². The number of hydrogen-bond donors (Lipinski definition) is 1. The highest BCUT2D eigenvalue weighted by molar-refractivity contribution is 7.14. The van der Waals surface area contributed by atoms with Crippen LogP contribution in [0.1, 0.15) is 0 Å². The van der Waals surface area contributed by atoms with Crippen LogP contribution in [0.5, 0.6) is 0 Å². The van der Waals surface area contributed by atoms with Crippen molar-refractivity contribution in [1.29, 1.82) is 0 Å². The lowest BCUT2D eigenvalue weighted by Gasteiger charge is -2.04. The number of carbonyl (C=O) groups excluding carboxylic acids is 1. The zero-order valence-electron chi connectivity index (χ0n) is 14.1. The van der Waals surface area contributed by atoms with Gasteiger partial charge in [0.05, 0.1) is 18.3 Å². The van der Waals surface area contributed by atoms with E-state index in [4.69, 9.17) is 0 Å². The van der Waals surface area contributed by atoms with Crippen molar-refractivity contribution in [3.63, 3.8) is 0 Å². The fraction of sp³-hybridized carbons (Fsp3) is 0.118. The molecule has 0 fully saturated rings. The second-order valence-corrected chi connectivity index (χ2v) is 6.66. The number of rotatable bonds is 4. The number of thiazole rings is 1. The van der Waals surface area contributed by atoms with Gasteiger partial charge < -0.3 is 14.5 Å². The maximum absolute atomic E-state index is 13.0. The minimum atomic E-state index is -0.347. The molecule has 3 heterocycles. The van der Waals surface area contributed by atoms with E-state index in [1.165, 1.54) is 45.3 Å². The lowest BCUT2D eigenvalue weighted by molar-refractivity contribution is -0.116. The Kier molecular flexibility index (Phi) is 4.24. The predicted octanol–water partition coefficient (Wildman–Crippen LogP) is 2.03. The summed E-state index contributed by atoms with van der Waals surface area (Å²) >= 11 is 1.26. The molecule has 1 N–H and O–H groups in total. The Hall–Kier alpha value is -3.40. The van der Waals surface area contributed by atoms with E-state index < -0.39 is 0 Å². The third-order valence-corrected chi connectivity index (χ3v) is 4.66. The molecule has 3 aromatic heterocycles. The molecule has 4 rings (SSSR count). The zero-order valence-corrected chi connectivity index (χ0v) is 14.9. The van der Waals surface area contributed by atoms with E-state index in [1.54, 1.807) is 24.6 Å². The number of carbonyl (C=O) groups is 1. The lowest BCUT2D eigenvalue weighted by atomic mass is 10.2. The van der Waals surface area contributed by atoms with Gasteiger partial charge in [0.25, 0.3) is 5.56 Å². The Morgan fingerprint density at radius 3 is 2.74 bits per heavy atom. The first-order chi connectivity index (χ1) is 13.0. The molecule has 0 radical (unpaired) electrons. The van der Waals surface area contributed by atoms with Crippen LogP contribution in [0.15, 0.2) is 47.1 Å². The Balaban J connectivity index is 1.51. The monoisotopic (exact) mass is 384 g/mol. The molecular formula is C17H13FN6O2S. The molecule has 8 nitrogen and oxygen atoms in total. The zero-order chi connectivity index (χ0) is 19.0. The van der Waals surface area contributed by atoms with E-state index >= 15 is 0 Å². The summed E-state index contributed by atoms with van der Waals surface area (Å²) in [6, 6.07) is 5.95. The van der Waals surface area contributed by atoms with Crippen molar-refractivity contribution < 1.29 is 9.18 Å². The van der Waals surface area contributed by atoms with Gasteiger partial charge in [0, 0.05) is 18.0 Å². The molecule has 0 atom stereocenters. The number of nitrogens with one attached hydrogen (secondary N) is 1. The summed E-state index contributed by atoms with van der Waals surface area (Å²) in [5.41, 5.74) is 1.67. The van der Waals surface area contributed by atoms with Gasteiger partial charge in [-0.15, -0.1) is 11.3 Å². The lowest BCUT2D eigenvalue weighted by Crippen LogP contribution is -2.23. The molecule has 0 aliphatic carbocycles. The van der Waals surface area contributed by atoms with Crippen LogP contribution in [-0.2, 0) is 18.4 Å². The van der Waals surface area contributed by atoms with Crippen LogP contribution in [-0.4, -0.2) is 30.0 Å². The fourth-order valence-corrected chi connectivity index (χ4v) is 3.30. The van der Waals surface area contributed by atoms with Crippen molar-refractivity contribution in [2.45, 2.75) is 6.54 Å². The minimum Gasteiger partial charge on any atom is -0.315 e. The second kappa shape index (κ2) is 6.72. The van der Waals surface area contributed by atoms with E-state index in [1.807, 2.05) is 0 Å². The van der Waals surface area contributed by atoms with E-state index in [2.05, 4.69) is 20.3 Å². The molecule has 136 valence electrons. The molecule has 4 aromatic rings. The average molecular weight is 384 g/mol. The van der Waals surface area contributed by atoms with Crippen LogP contribution < -0.4 is 10.9 Å². The average Bonchev–Trinajstić information content (AvgIpc) is 3.26. The number of fused-ring (bicyclic) bond motifs is 1. The Morgan fingerprint density at radius 2 is 1.96 bits per heavy atom. The molecular weight excluding hydrogens is 371 g/mol. The number of imidazole rings is 1. The molecule has 10 heteroatoms. The van der Waals surface area contributed by atoms with E-state index in [9.17, 15) is 14.0 Å². The van der Waals surface area contributed by atoms with Gasteiger partial charge >= 0.3 is 0 Å². The summed E-state index contributed by atoms with van der Waals surface area (Å²) in [5.74, 6) is -0.670. The summed E-state index contributed by atoms with van der Waals surface area (Å²) in [6.45, 7) is -0.0944. The number of aromatic nitrogens is 5. The standard InChI is InChI=1S/C17H13FN6O2S/c1-23-8-19-15-14(16(23)26)24(9-20-15)6-13(25)22-17-21-12(7-27-17)10-2-4-11(18)5-3-10/h2-5,7-9H,6H2,1H3,(H,21,22,25). The summed E-state index contributed by atoms with van der Waals surface area (Å²) in [6.07, 6.45) is 2.79. The maximum atomic E-state index is 13.0. The molecule has 0 saturated heterocycles.